The van der Waals surface area contributed by atoms with Gasteiger partial charge in [0.25, 0.3) is 0 Å². The van der Waals surface area contributed by atoms with Crippen LogP contribution in [0.3, 0.4) is 0 Å². The zero-order chi connectivity index (χ0) is 15.0. The first-order valence-electron chi connectivity index (χ1n) is 7.23. The Morgan fingerprint density at radius 3 is 2.45 bits per heavy atom. The lowest BCUT2D eigenvalue weighted by Gasteiger charge is -2.23. The van der Waals surface area contributed by atoms with E-state index in [-0.39, 0.29) is 5.91 Å². The van der Waals surface area contributed by atoms with Crippen LogP contribution in [-0.2, 0) is 4.79 Å². The zero-order valence-electron chi connectivity index (χ0n) is 13.1. The van der Waals surface area contributed by atoms with Crippen molar-refractivity contribution in [1.82, 2.24) is 9.80 Å². The first-order chi connectivity index (χ1) is 9.58. The van der Waals surface area contributed by atoms with Gasteiger partial charge in [-0.1, -0.05) is 32.0 Å². The van der Waals surface area contributed by atoms with Crippen molar-refractivity contribution in [2.24, 2.45) is 0 Å². The smallest absolute Gasteiger partial charge is 0.236 e. The Bertz CT molecular complexity index is 417. The highest BCUT2D eigenvalue weighted by Crippen LogP contribution is 2.15. The molecule has 1 aromatic rings. The summed E-state index contributed by atoms with van der Waals surface area (Å²) in [5.74, 6) is 1.03. The number of likely N-dealkylation sites (N-methyl/N-ethyl adjacent to an activating group) is 2. The van der Waals surface area contributed by atoms with Crippen LogP contribution in [0.15, 0.2) is 24.3 Å². The van der Waals surface area contributed by atoms with E-state index in [2.05, 4.69) is 18.7 Å². The van der Waals surface area contributed by atoms with Gasteiger partial charge in [-0.15, -0.1) is 0 Å². The first-order valence-corrected chi connectivity index (χ1v) is 7.23. The third-order valence-corrected chi connectivity index (χ3v) is 3.46. The molecule has 1 amide bonds. The Hall–Kier alpha value is -1.55. The highest BCUT2D eigenvalue weighted by atomic mass is 16.5. The maximum absolute atomic E-state index is 12.0. The summed E-state index contributed by atoms with van der Waals surface area (Å²) in [4.78, 5) is 15.9. The van der Waals surface area contributed by atoms with Crippen molar-refractivity contribution in [1.29, 1.82) is 0 Å². The maximum atomic E-state index is 12.0. The molecule has 4 heteroatoms. The van der Waals surface area contributed by atoms with Crippen LogP contribution < -0.4 is 4.74 Å². The Balaban J connectivity index is 2.34. The molecule has 0 unspecified atom stereocenters. The summed E-state index contributed by atoms with van der Waals surface area (Å²) in [6.07, 6.45) is 0. The molecule has 0 atom stereocenters. The molecule has 0 fully saturated rings. The lowest BCUT2D eigenvalue weighted by Crippen LogP contribution is -2.39. The third kappa shape index (κ3) is 5.21. The highest BCUT2D eigenvalue weighted by Gasteiger charge is 2.12. The number of para-hydroxylation sites is 1. The molecule has 0 N–H and O–H groups in total. The second-order valence-electron chi connectivity index (χ2n) is 4.89. The topological polar surface area (TPSA) is 32.8 Å². The molecular formula is C16H26N2O2. The molecule has 1 rings (SSSR count). The van der Waals surface area contributed by atoms with Gasteiger partial charge in [-0.25, -0.2) is 0 Å². The molecule has 0 aliphatic heterocycles. The summed E-state index contributed by atoms with van der Waals surface area (Å²) >= 11 is 0. The molecule has 0 saturated carbocycles. The number of benzene rings is 1. The molecular weight excluding hydrogens is 252 g/mol. The second kappa shape index (κ2) is 8.59. The monoisotopic (exact) mass is 278 g/mol. The van der Waals surface area contributed by atoms with E-state index in [4.69, 9.17) is 4.74 Å². The van der Waals surface area contributed by atoms with E-state index in [1.165, 1.54) is 0 Å². The summed E-state index contributed by atoms with van der Waals surface area (Å²) in [6.45, 7) is 9.56. The van der Waals surface area contributed by atoms with E-state index in [0.29, 0.717) is 19.7 Å². The minimum absolute atomic E-state index is 0.141. The molecule has 0 spiro atoms. The van der Waals surface area contributed by atoms with E-state index in [1.54, 1.807) is 4.90 Å². The number of carbonyl (C=O) groups is 1. The highest BCUT2D eigenvalue weighted by molar-refractivity contribution is 5.77. The number of nitrogens with zero attached hydrogens (tertiary/aromatic N) is 2. The van der Waals surface area contributed by atoms with Crippen LogP contribution in [0, 0.1) is 6.92 Å². The van der Waals surface area contributed by atoms with Gasteiger partial charge in [0.1, 0.15) is 12.4 Å². The minimum atomic E-state index is 0.141. The van der Waals surface area contributed by atoms with Gasteiger partial charge < -0.3 is 9.64 Å². The average Bonchev–Trinajstić information content (AvgIpc) is 2.46. The van der Waals surface area contributed by atoms with Crippen molar-refractivity contribution in [3.05, 3.63) is 29.8 Å². The molecule has 0 bridgehead atoms. The Morgan fingerprint density at radius 2 is 1.85 bits per heavy atom. The van der Waals surface area contributed by atoms with E-state index in [0.717, 1.165) is 24.4 Å². The van der Waals surface area contributed by atoms with E-state index < -0.39 is 0 Å². The van der Waals surface area contributed by atoms with Gasteiger partial charge in [-0.3, -0.25) is 9.69 Å². The van der Waals surface area contributed by atoms with Crippen LogP contribution in [0.4, 0.5) is 0 Å². The summed E-state index contributed by atoms with van der Waals surface area (Å²) in [7, 11) is 1.83. The zero-order valence-corrected chi connectivity index (χ0v) is 13.1. The fourth-order valence-corrected chi connectivity index (χ4v) is 1.89. The summed E-state index contributed by atoms with van der Waals surface area (Å²) in [6, 6.07) is 7.91. The molecule has 4 nitrogen and oxygen atoms in total. The van der Waals surface area contributed by atoms with E-state index in [1.807, 2.05) is 38.2 Å². The predicted molar refractivity (Wildman–Crippen MR) is 82.1 cm³/mol. The standard InChI is InChI=1S/C16H26N2O2/c1-5-18(6-2)13-16(19)17(4)11-12-20-15-10-8-7-9-14(15)3/h7-10H,5-6,11-13H2,1-4H3. The van der Waals surface area contributed by atoms with Crippen molar-refractivity contribution >= 4 is 5.91 Å². The molecule has 0 radical (unpaired) electrons. The van der Waals surface area contributed by atoms with Crippen molar-refractivity contribution in [2.45, 2.75) is 20.8 Å². The van der Waals surface area contributed by atoms with Crippen molar-refractivity contribution < 1.29 is 9.53 Å². The Kier molecular flexibility index (Phi) is 7.09. The Labute approximate surface area is 122 Å². The van der Waals surface area contributed by atoms with Crippen LogP contribution >= 0.6 is 0 Å². The minimum Gasteiger partial charge on any atom is -0.491 e. The number of carbonyl (C=O) groups excluding carboxylic acids is 1. The molecule has 20 heavy (non-hydrogen) atoms. The molecule has 0 aliphatic carbocycles. The summed E-state index contributed by atoms with van der Waals surface area (Å²) < 4.78 is 5.71. The van der Waals surface area contributed by atoms with E-state index >= 15 is 0 Å². The molecule has 112 valence electrons. The van der Waals surface area contributed by atoms with Gasteiger partial charge in [0, 0.05) is 7.05 Å². The van der Waals surface area contributed by atoms with Gasteiger partial charge in [0.2, 0.25) is 5.91 Å². The van der Waals surface area contributed by atoms with Crippen LogP contribution in [-0.4, -0.2) is 55.5 Å². The normalized spacial score (nSPS) is 10.7. The second-order valence-corrected chi connectivity index (χ2v) is 4.89. The summed E-state index contributed by atoms with van der Waals surface area (Å²) in [5, 5.41) is 0. The predicted octanol–water partition coefficient (Wildman–Crippen LogP) is 2.17. The van der Waals surface area contributed by atoms with Gasteiger partial charge in [0.15, 0.2) is 0 Å². The molecule has 0 saturated heterocycles. The first kappa shape index (κ1) is 16.5. The van der Waals surface area contributed by atoms with Gasteiger partial charge in [0.05, 0.1) is 13.1 Å². The van der Waals surface area contributed by atoms with Crippen LogP contribution in [0.5, 0.6) is 5.75 Å². The average molecular weight is 278 g/mol. The molecule has 1 aromatic carbocycles. The number of rotatable bonds is 8. The number of hydrogen-bond acceptors (Lipinski definition) is 3. The lowest BCUT2D eigenvalue weighted by molar-refractivity contribution is -0.131. The van der Waals surface area contributed by atoms with Crippen LogP contribution in [0.25, 0.3) is 0 Å². The van der Waals surface area contributed by atoms with Gasteiger partial charge in [-0.05, 0) is 31.6 Å². The van der Waals surface area contributed by atoms with Crippen LogP contribution in [0.1, 0.15) is 19.4 Å². The van der Waals surface area contributed by atoms with Gasteiger partial charge >= 0.3 is 0 Å². The third-order valence-electron chi connectivity index (χ3n) is 3.46. The fourth-order valence-electron chi connectivity index (χ4n) is 1.89. The fraction of sp³-hybridized carbons (Fsp3) is 0.562. The maximum Gasteiger partial charge on any atom is 0.236 e. The molecule has 0 heterocycles. The number of amides is 1. The number of ether oxygens (including phenoxy) is 1. The SMILES string of the molecule is CCN(CC)CC(=O)N(C)CCOc1ccccc1C. The molecule has 0 aromatic heterocycles. The van der Waals surface area contributed by atoms with Crippen molar-refractivity contribution in [3.8, 4) is 5.75 Å². The van der Waals surface area contributed by atoms with Crippen LogP contribution in [0.2, 0.25) is 0 Å². The quantitative estimate of drug-likeness (QED) is 0.730. The number of aryl methyl sites for hydroxylation is 1. The summed E-state index contributed by atoms with van der Waals surface area (Å²) in [5.41, 5.74) is 1.12. The number of hydrogen-bond donors (Lipinski definition) is 0. The molecule has 0 aliphatic rings. The Morgan fingerprint density at radius 1 is 1.20 bits per heavy atom. The largest absolute Gasteiger partial charge is 0.491 e. The van der Waals surface area contributed by atoms with Gasteiger partial charge in [-0.2, -0.15) is 0 Å². The van der Waals surface area contributed by atoms with Crippen molar-refractivity contribution in [3.63, 3.8) is 0 Å². The lowest BCUT2D eigenvalue weighted by atomic mass is 10.2. The van der Waals surface area contributed by atoms with E-state index in [9.17, 15) is 4.79 Å². The van der Waals surface area contributed by atoms with Crippen molar-refractivity contribution in [2.75, 3.05) is 39.8 Å².